The Balaban J connectivity index is 1.55. The van der Waals surface area contributed by atoms with Crippen molar-refractivity contribution in [1.82, 2.24) is 20.2 Å². The molecule has 1 aromatic carbocycles. The first kappa shape index (κ1) is 14.8. The molecule has 2 aromatic rings. The van der Waals surface area contributed by atoms with Crippen LogP contribution in [0.1, 0.15) is 43.9 Å². The summed E-state index contributed by atoms with van der Waals surface area (Å²) >= 11 is 1.65. The smallest absolute Gasteiger partial charge is 0.209 e. The van der Waals surface area contributed by atoms with Crippen molar-refractivity contribution in [2.24, 2.45) is 0 Å². The lowest BCUT2D eigenvalue weighted by molar-refractivity contribution is 0.254. The first-order valence-corrected chi connectivity index (χ1v) is 9.09. The van der Waals surface area contributed by atoms with Crippen molar-refractivity contribution >= 4 is 11.8 Å². The number of fused-ring (bicyclic) bond motifs is 1. The Labute approximate surface area is 139 Å². The van der Waals surface area contributed by atoms with E-state index < -0.39 is 0 Å². The highest BCUT2D eigenvalue weighted by Gasteiger charge is 2.28. The Bertz CT molecular complexity index is 714. The van der Waals surface area contributed by atoms with E-state index in [1.807, 2.05) is 11.6 Å². The number of aromatic nitrogens is 4. The van der Waals surface area contributed by atoms with Gasteiger partial charge < -0.3 is 9.47 Å². The number of tetrazole rings is 1. The predicted octanol–water partition coefficient (Wildman–Crippen LogP) is 3.02. The molecule has 1 aliphatic heterocycles. The second-order valence-electron chi connectivity index (χ2n) is 6.06. The van der Waals surface area contributed by atoms with Crippen LogP contribution in [-0.2, 0) is 12.2 Å². The minimum Gasteiger partial charge on any atom is -0.494 e. The van der Waals surface area contributed by atoms with Gasteiger partial charge in [0.05, 0.1) is 12.6 Å². The fraction of sp³-hybridized carbons (Fsp3) is 0.562. The zero-order valence-corrected chi connectivity index (χ0v) is 14.2. The molecule has 2 aliphatic rings. The zero-order valence-electron chi connectivity index (χ0n) is 13.4. The first-order valence-electron chi connectivity index (χ1n) is 8.10. The van der Waals surface area contributed by atoms with E-state index in [2.05, 4.69) is 34.6 Å². The van der Waals surface area contributed by atoms with Gasteiger partial charge in [-0.25, -0.2) is 4.68 Å². The lowest BCUT2D eigenvalue weighted by Gasteiger charge is -2.12. The van der Waals surface area contributed by atoms with Gasteiger partial charge in [0, 0.05) is 23.3 Å². The van der Waals surface area contributed by atoms with E-state index in [4.69, 9.17) is 9.47 Å². The van der Waals surface area contributed by atoms with Gasteiger partial charge in [-0.15, -0.1) is 5.10 Å². The second kappa shape index (κ2) is 6.03. The van der Waals surface area contributed by atoms with Crippen LogP contribution in [0, 0.1) is 0 Å². The summed E-state index contributed by atoms with van der Waals surface area (Å²) in [6, 6.07) is 4.73. The largest absolute Gasteiger partial charge is 0.494 e. The van der Waals surface area contributed by atoms with Crippen LogP contribution in [0.15, 0.2) is 17.3 Å². The second-order valence-corrected chi connectivity index (χ2v) is 7.00. The van der Waals surface area contributed by atoms with Crippen LogP contribution in [0.4, 0.5) is 0 Å². The summed E-state index contributed by atoms with van der Waals surface area (Å²) in [5.41, 5.74) is 2.37. The summed E-state index contributed by atoms with van der Waals surface area (Å²) in [6.45, 7) is 4.77. The summed E-state index contributed by atoms with van der Waals surface area (Å²) in [5.74, 6) is 2.70. The van der Waals surface area contributed by atoms with Gasteiger partial charge in [-0.1, -0.05) is 11.8 Å². The molecule has 1 aliphatic carbocycles. The third-order valence-electron chi connectivity index (χ3n) is 4.09. The molecule has 0 spiro atoms. The predicted molar refractivity (Wildman–Crippen MR) is 87.1 cm³/mol. The minimum absolute atomic E-state index is 0.240. The number of ether oxygens (including phenoxy) is 2. The fourth-order valence-electron chi connectivity index (χ4n) is 2.86. The summed E-state index contributed by atoms with van der Waals surface area (Å²) in [5, 5.41) is 12.9. The number of nitrogens with zero attached hydrogens (tertiary/aromatic N) is 4. The van der Waals surface area contributed by atoms with Gasteiger partial charge in [-0.05, 0) is 49.2 Å². The van der Waals surface area contributed by atoms with Crippen LogP contribution >= 0.6 is 11.8 Å². The molecule has 2 heterocycles. The molecule has 0 amide bonds. The minimum atomic E-state index is 0.240. The van der Waals surface area contributed by atoms with Crippen molar-refractivity contribution in [2.75, 3.05) is 6.61 Å². The summed E-state index contributed by atoms with van der Waals surface area (Å²) < 4.78 is 13.7. The van der Waals surface area contributed by atoms with Gasteiger partial charge in [0.1, 0.15) is 17.6 Å². The average molecular weight is 332 g/mol. The molecule has 0 bridgehead atoms. The van der Waals surface area contributed by atoms with Gasteiger partial charge in [-0.2, -0.15) is 0 Å². The molecule has 122 valence electrons. The molecule has 23 heavy (non-hydrogen) atoms. The van der Waals surface area contributed by atoms with Crippen LogP contribution in [0.2, 0.25) is 0 Å². The Morgan fingerprint density at radius 3 is 3.04 bits per heavy atom. The Morgan fingerprint density at radius 2 is 2.26 bits per heavy atom. The maximum Gasteiger partial charge on any atom is 0.209 e. The average Bonchev–Trinajstić information content (AvgIpc) is 3.15. The number of hydrogen-bond donors (Lipinski definition) is 0. The van der Waals surface area contributed by atoms with Gasteiger partial charge in [0.2, 0.25) is 5.16 Å². The molecule has 1 saturated carbocycles. The molecular formula is C16H20N4O2S. The third kappa shape index (κ3) is 3.02. The van der Waals surface area contributed by atoms with Gasteiger partial charge in [0.15, 0.2) is 0 Å². The number of benzene rings is 1. The van der Waals surface area contributed by atoms with Crippen molar-refractivity contribution in [1.29, 1.82) is 0 Å². The standard InChI is InChI=1S/C16H20N4O2S/c1-3-21-14-7-11-6-10(2)22-15(11)8-12(14)9-23-16-17-18-19-20(16)13-4-5-13/h7-8,10,13H,3-6,9H2,1-2H3. The van der Waals surface area contributed by atoms with Crippen molar-refractivity contribution < 1.29 is 9.47 Å². The Hall–Kier alpha value is -1.76. The van der Waals surface area contributed by atoms with Gasteiger partial charge in [-0.3, -0.25) is 0 Å². The van der Waals surface area contributed by atoms with E-state index in [1.165, 1.54) is 18.4 Å². The summed E-state index contributed by atoms with van der Waals surface area (Å²) in [6.07, 6.45) is 3.54. The SMILES string of the molecule is CCOc1cc2c(cc1CSc1nnnn1C1CC1)OC(C)C2. The molecule has 1 unspecified atom stereocenters. The number of hydrogen-bond acceptors (Lipinski definition) is 6. The molecule has 0 N–H and O–H groups in total. The normalized spacial score (nSPS) is 19.5. The molecule has 4 rings (SSSR count). The first-order chi connectivity index (χ1) is 11.2. The summed E-state index contributed by atoms with van der Waals surface area (Å²) in [7, 11) is 0. The number of thioether (sulfide) groups is 1. The Kier molecular flexibility index (Phi) is 3.88. The van der Waals surface area contributed by atoms with Gasteiger partial charge in [0.25, 0.3) is 0 Å². The highest BCUT2D eigenvalue weighted by atomic mass is 32.2. The number of rotatable bonds is 6. The monoisotopic (exact) mass is 332 g/mol. The molecule has 7 heteroatoms. The molecule has 1 aromatic heterocycles. The van der Waals surface area contributed by atoms with Crippen LogP contribution in [0.5, 0.6) is 11.5 Å². The van der Waals surface area contributed by atoms with E-state index in [-0.39, 0.29) is 6.10 Å². The third-order valence-corrected chi connectivity index (χ3v) is 5.07. The maximum absolute atomic E-state index is 5.88. The van der Waals surface area contributed by atoms with Crippen LogP contribution in [0.3, 0.4) is 0 Å². The quantitative estimate of drug-likeness (QED) is 0.758. The topological polar surface area (TPSA) is 62.1 Å². The van der Waals surface area contributed by atoms with E-state index in [9.17, 15) is 0 Å². The molecule has 1 fully saturated rings. The zero-order chi connectivity index (χ0) is 15.8. The summed E-state index contributed by atoms with van der Waals surface area (Å²) in [4.78, 5) is 0. The van der Waals surface area contributed by atoms with Gasteiger partial charge >= 0.3 is 0 Å². The molecule has 0 saturated heterocycles. The van der Waals surface area contributed by atoms with Crippen molar-refractivity contribution in [3.8, 4) is 11.5 Å². The van der Waals surface area contributed by atoms with Crippen LogP contribution in [0.25, 0.3) is 0 Å². The fourth-order valence-corrected chi connectivity index (χ4v) is 3.78. The molecule has 6 nitrogen and oxygen atoms in total. The van der Waals surface area contributed by atoms with Crippen molar-refractivity contribution in [3.63, 3.8) is 0 Å². The van der Waals surface area contributed by atoms with Crippen LogP contribution in [-0.4, -0.2) is 32.9 Å². The Morgan fingerprint density at radius 1 is 1.39 bits per heavy atom. The molecular weight excluding hydrogens is 312 g/mol. The van der Waals surface area contributed by atoms with Crippen molar-refractivity contribution in [3.05, 3.63) is 23.3 Å². The van der Waals surface area contributed by atoms with E-state index in [1.54, 1.807) is 11.8 Å². The molecule has 1 atom stereocenters. The van der Waals surface area contributed by atoms with Crippen molar-refractivity contribution in [2.45, 2.75) is 56.2 Å². The lowest BCUT2D eigenvalue weighted by atomic mass is 10.1. The molecule has 0 radical (unpaired) electrons. The van der Waals surface area contributed by atoms with Crippen LogP contribution < -0.4 is 9.47 Å². The van der Waals surface area contributed by atoms with E-state index in [0.29, 0.717) is 12.6 Å². The lowest BCUT2D eigenvalue weighted by Crippen LogP contribution is -2.05. The van der Waals surface area contributed by atoms with E-state index in [0.717, 1.165) is 34.4 Å². The highest BCUT2D eigenvalue weighted by Crippen LogP contribution is 2.39. The maximum atomic E-state index is 5.88. The highest BCUT2D eigenvalue weighted by molar-refractivity contribution is 7.98. The van der Waals surface area contributed by atoms with E-state index >= 15 is 0 Å².